The molecule has 1 unspecified atom stereocenters. The van der Waals surface area contributed by atoms with Crippen LogP contribution in [0.25, 0.3) is 0 Å². The lowest BCUT2D eigenvalue weighted by atomic mass is 10.1. The predicted molar refractivity (Wildman–Crippen MR) is 104 cm³/mol. The summed E-state index contributed by atoms with van der Waals surface area (Å²) in [6.07, 6.45) is 0. The topological polar surface area (TPSA) is 53.9 Å². The maximum absolute atomic E-state index is 12.5. The van der Waals surface area contributed by atoms with E-state index >= 15 is 0 Å². The third-order valence-corrected chi connectivity index (χ3v) is 4.55. The van der Waals surface area contributed by atoms with Crippen LogP contribution in [-0.2, 0) is 9.59 Å². The van der Waals surface area contributed by atoms with E-state index in [9.17, 15) is 9.59 Å². The fraction of sp³-hybridized carbons (Fsp3) is 0.300. The van der Waals surface area contributed by atoms with Crippen LogP contribution in [0.3, 0.4) is 0 Å². The maximum atomic E-state index is 12.5. The normalized spacial score (nSPS) is 12.9. The molecule has 26 heavy (non-hydrogen) atoms. The second-order valence-corrected chi connectivity index (χ2v) is 6.89. The Kier molecular flexibility index (Phi) is 7.18. The van der Waals surface area contributed by atoms with Crippen LogP contribution in [0.15, 0.2) is 54.6 Å². The van der Waals surface area contributed by atoms with Crippen molar-refractivity contribution in [3.8, 4) is 0 Å². The van der Waals surface area contributed by atoms with Crippen molar-refractivity contribution in [1.29, 1.82) is 0 Å². The molecule has 138 valence electrons. The maximum Gasteiger partial charge on any atom is 0.279 e. The molecule has 0 aliphatic carbocycles. The highest BCUT2D eigenvalue weighted by Gasteiger charge is 2.21. The molecule has 2 rings (SSSR count). The van der Waals surface area contributed by atoms with Crippen molar-refractivity contribution in [2.45, 2.75) is 13.0 Å². The summed E-state index contributed by atoms with van der Waals surface area (Å²) in [5.74, 6) is -0.144. The average Bonchev–Trinajstić information content (AvgIpc) is 2.62. The lowest BCUT2D eigenvalue weighted by Gasteiger charge is -2.26. The van der Waals surface area contributed by atoms with E-state index in [1.807, 2.05) is 44.3 Å². The number of quaternary nitrogens is 1. The van der Waals surface area contributed by atoms with Gasteiger partial charge in [-0.25, -0.2) is 0 Å². The second-order valence-electron chi connectivity index (χ2n) is 6.46. The van der Waals surface area contributed by atoms with Gasteiger partial charge >= 0.3 is 0 Å². The van der Waals surface area contributed by atoms with Gasteiger partial charge in [0.15, 0.2) is 13.1 Å². The van der Waals surface area contributed by atoms with Gasteiger partial charge in [0.25, 0.3) is 11.8 Å². The van der Waals surface area contributed by atoms with Gasteiger partial charge in [-0.1, -0.05) is 41.9 Å². The summed E-state index contributed by atoms with van der Waals surface area (Å²) in [5.41, 5.74) is 1.77. The fourth-order valence-corrected chi connectivity index (χ4v) is 2.75. The lowest BCUT2D eigenvalue weighted by molar-refractivity contribution is -0.862. The van der Waals surface area contributed by atoms with Crippen molar-refractivity contribution < 1.29 is 14.5 Å². The van der Waals surface area contributed by atoms with Crippen LogP contribution in [-0.4, -0.2) is 43.9 Å². The number of carbonyl (C=O) groups is 2. The highest BCUT2D eigenvalue weighted by atomic mass is 35.5. The zero-order valence-electron chi connectivity index (χ0n) is 15.3. The molecule has 5 nitrogen and oxygen atoms in total. The number of nitrogens with one attached hydrogen (secondary N) is 2. The number of hydrogen-bond donors (Lipinski definition) is 2. The largest absolute Gasteiger partial charge is 0.334 e. The number of halogens is 1. The molecule has 2 atom stereocenters. The minimum atomic E-state index is -0.142. The van der Waals surface area contributed by atoms with Gasteiger partial charge in [0.1, 0.15) is 0 Å². The van der Waals surface area contributed by atoms with E-state index in [2.05, 4.69) is 5.32 Å². The molecule has 0 heterocycles. The molecule has 0 aliphatic heterocycles. The number of amides is 2. The first-order valence-electron chi connectivity index (χ1n) is 8.54. The van der Waals surface area contributed by atoms with Crippen LogP contribution < -0.4 is 10.2 Å². The molecule has 0 spiro atoms. The molecule has 2 N–H and O–H groups in total. The summed E-state index contributed by atoms with van der Waals surface area (Å²) in [4.78, 5) is 27.2. The van der Waals surface area contributed by atoms with Gasteiger partial charge in [0.2, 0.25) is 0 Å². The highest BCUT2D eigenvalue weighted by Crippen LogP contribution is 2.17. The van der Waals surface area contributed by atoms with Crippen LogP contribution in [0.1, 0.15) is 18.5 Å². The van der Waals surface area contributed by atoms with Crippen molar-refractivity contribution in [2.24, 2.45) is 0 Å². The minimum Gasteiger partial charge on any atom is -0.334 e. The summed E-state index contributed by atoms with van der Waals surface area (Å²) in [7, 11) is 3.63. The smallest absolute Gasteiger partial charge is 0.279 e. The number of hydrogen-bond acceptors (Lipinski definition) is 2. The van der Waals surface area contributed by atoms with Crippen LogP contribution in [0.2, 0.25) is 5.02 Å². The van der Waals surface area contributed by atoms with E-state index in [1.165, 1.54) is 0 Å². The quantitative estimate of drug-likeness (QED) is 0.779. The molecule has 0 fully saturated rings. The predicted octanol–water partition coefficient (Wildman–Crippen LogP) is 2.01. The van der Waals surface area contributed by atoms with Gasteiger partial charge in [-0.2, -0.15) is 0 Å². The molecule has 2 aromatic carbocycles. The van der Waals surface area contributed by atoms with E-state index in [-0.39, 0.29) is 30.9 Å². The van der Waals surface area contributed by atoms with E-state index < -0.39 is 0 Å². The summed E-state index contributed by atoms with van der Waals surface area (Å²) in [6.45, 7) is 2.46. The Morgan fingerprint density at radius 2 is 1.69 bits per heavy atom. The number of rotatable bonds is 7. The molecule has 2 amide bonds. The monoisotopic (exact) mass is 374 g/mol. The van der Waals surface area contributed by atoms with Gasteiger partial charge in [-0.05, 0) is 36.8 Å². The van der Waals surface area contributed by atoms with Crippen LogP contribution in [0.5, 0.6) is 0 Å². The molecule has 0 aliphatic rings. The van der Waals surface area contributed by atoms with Crippen LogP contribution >= 0.6 is 11.6 Å². The van der Waals surface area contributed by atoms with Crippen molar-refractivity contribution in [3.05, 3.63) is 65.2 Å². The number of benzene rings is 2. The van der Waals surface area contributed by atoms with Gasteiger partial charge in [-0.15, -0.1) is 0 Å². The molecular formula is C20H25ClN3O2+. The number of likely N-dealkylation sites (N-methyl/N-ethyl adjacent to an activating group) is 2. The van der Waals surface area contributed by atoms with Crippen LogP contribution in [0.4, 0.5) is 5.69 Å². The van der Waals surface area contributed by atoms with E-state index in [0.29, 0.717) is 10.7 Å². The second kappa shape index (κ2) is 9.36. The van der Waals surface area contributed by atoms with E-state index in [4.69, 9.17) is 11.6 Å². The first-order valence-corrected chi connectivity index (χ1v) is 8.92. The molecule has 0 aromatic heterocycles. The van der Waals surface area contributed by atoms with Gasteiger partial charge in [-0.3, -0.25) is 9.59 Å². The van der Waals surface area contributed by atoms with Gasteiger partial charge < -0.3 is 15.1 Å². The Morgan fingerprint density at radius 1 is 1.08 bits per heavy atom. The fourth-order valence-electron chi connectivity index (χ4n) is 2.63. The Bertz CT molecular complexity index is 734. The zero-order chi connectivity index (χ0) is 19.1. The lowest BCUT2D eigenvalue weighted by Crippen LogP contribution is -3.11. The first-order chi connectivity index (χ1) is 12.4. The standard InChI is InChI=1S/C20H24ClN3O2/c1-15(16-7-5-4-6-8-16)24(3)20(26)14-23(2)13-19(25)22-18-11-9-17(21)10-12-18/h4-12,15H,13-14H2,1-3H3,(H,22,25)/p+1/t15-/m1/s1. The minimum absolute atomic E-state index is 0.00172. The summed E-state index contributed by atoms with van der Waals surface area (Å²) < 4.78 is 0. The number of nitrogens with zero attached hydrogens (tertiary/aromatic N) is 1. The van der Waals surface area contributed by atoms with E-state index in [0.717, 1.165) is 10.5 Å². The third-order valence-electron chi connectivity index (χ3n) is 4.30. The third kappa shape index (κ3) is 5.86. The van der Waals surface area contributed by atoms with Crippen molar-refractivity contribution in [1.82, 2.24) is 4.90 Å². The Hall–Kier alpha value is -2.37. The van der Waals surface area contributed by atoms with Gasteiger partial charge in [0, 0.05) is 17.8 Å². The molecule has 6 heteroatoms. The summed E-state index contributed by atoms with van der Waals surface area (Å²) >= 11 is 5.83. The SMILES string of the molecule is C[C@H](c1ccccc1)N(C)C(=O)C[NH+](C)CC(=O)Nc1ccc(Cl)cc1. The molecule has 0 bridgehead atoms. The molecule has 0 radical (unpaired) electrons. The van der Waals surface area contributed by atoms with Crippen molar-refractivity contribution >= 4 is 29.1 Å². The molecule has 2 aromatic rings. The van der Waals surface area contributed by atoms with E-state index in [1.54, 1.807) is 36.2 Å². The Labute approximate surface area is 159 Å². The number of anilines is 1. The zero-order valence-corrected chi connectivity index (χ0v) is 16.1. The van der Waals surface area contributed by atoms with Crippen molar-refractivity contribution in [2.75, 3.05) is 32.5 Å². The van der Waals surface area contributed by atoms with Crippen molar-refractivity contribution in [3.63, 3.8) is 0 Å². The highest BCUT2D eigenvalue weighted by molar-refractivity contribution is 6.30. The first kappa shape index (κ1) is 19.9. The summed E-state index contributed by atoms with van der Waals surface area (Å²) in [5, 5.41) is 3.43. The summed E-state index contributed by atoms with van der Waals surface area (Å²) in [6, 6.07) is 16.8. The Balaban J connectivity index is 1.84. The van der Waals surface area contributed by atoms with Gasteiger partial charge in [0.05, 0.1) is 13.1 Å². The Morgan fingerprint density at radius 3 is 2.31 bits per heavy atom. The molecule has 0 saturated heterocycles. The molecule has 0 saturated carbocycles. The average molecular weight is 375 g/mol. The number of carbonyl (C=O) groups excluding carboxylic acids is 2. The van der Waals surface area contributed by atoms with Crippen LogP contribution in [0, 0.1) is 0 Å². The molecular weight excluding hydrogens is 350 g/mol.